The van der Waals surface area contributed by atoms with Gasteiger partial charge < -0.3 is 9.64 Å². The standard InChI is InChI=1S/C18H28N2O2/c1-4-22-14-18(21)19(3)17-10-11-20(12-15(17)2)13-16-8-6-5-7-9-16/h5-9,15,17H,4,10-14H2,1-3H3/t15-,17+/m0/s1. The lowest BCUT2D eigenvalue weighted by atomic mass is 9.92. The smallest absolute Gasteiger partial charge is 0.248 e. The fraction of sp³-hybridized carbons (Fsp3) is 0.611. The van der Waals surface area contributed by atoms with Gasteiger partial charge in [0.2, 0.25) is 5.91 Å². The maximum atomic E-state index is 12.1. The minimum atomic E-state index is 0.0928. The van der Waals surface area contributed by atoms with E-state index in [4.69, 9.17) is 4.74 Å². The van der Waals surface area contributed by atoms with Gasteiger partial charge in [-0.2, -0.15) is 0 Å². The van der Waals surface area contributed by atoms with Crippen molar-refractivity contribution in [2.24, 2.45) is 5.92 Å². The zero-order valence-electron chi connectivity index (χ0n) is 14.0. The Morgan fingerprint density at radius 3 is 2.73 bits per heavy atom. The molecule has 1 heterocycles. The van der Waals surface area contributed by atoms with Gasteiger partial charge in [-0.25, -0.2) is 0 Å². The monoisotopic (exact) mass is 304 g/mol. The van der Waals surface area contributed by atoms with Crippen LogP contribution in [0.1, 0.15) is 25.8 Å². The highest BCUT2D eigenvalue weighted by molar-refractivity contribution is 5.77. The lowest BCUT2D eigenvalue weighted by molar-refractivity contribution is -0.138. The fourth-order valence-corrected chi connectivity index (χ4v) is 3.26. The highest BCUT2D eigenvalue weighted by atomic mass is 16.5. The minimum absolute atomic E-state index is 0.0928. The molecule has 0 radical (unpaired) electrons. The number of hydrogen-bond acceptors (Lipinski definition) is 3. The minimum Gasteiger partial charge on any atom is -0.372 e. The molecule has 0 N–H and O–H groups in total. The molecule has 2 atom stereocenters. The first-order valence-electron chi connectivity index (χ1n) is 8.21. The molecule has 0 aromatic heterocycles. The van der Waals surface area contributed by atoms with E-state index in [1.807, 2.05) is 18.9 Å². The van der Waals surface area contributed by atoms with Crippen LogP contribution >= 0.6 is 0 Å². The summed E-state index contributed by atoms with van der Waals surface area (Å²) in [7, 11) is 1.91. The first-order chi connectivity index (χ1) is 10.6. The van der Waals surface area contributed by atoms with Crippen LogP contribution in [0.15, 0.2) is 30.3 Å². The third-order valence-electron chi connectivity index (χ3n) is 4.51. The van der Waals surface area contributed by atoms with E-state index in [9.17, 15) is 4.79 Å². The molecule has 4 nitrogen and oxygen atoms in total. The number of likely N-dealkylation sites (N-methyl/N-ethyl adjacent to an activating group) is 1. The van der Waals surface area contributed by atoms with Gasteiger partial charge in [-0.1, -0.05) is 37.3 Å². The Kier molecular flexibility index (Phi) is 6.40. The Bertz CT molecular complexity index is 463. The summed E-state index contributed by atoms with van der Waals surface area (Å²) in [6.45, 7) is 8.01. The molecule has 1 aromatic rings. The molecule has 4 heteroatoms. The second kappa shape index (κ2) is 8.30. The van der Waals surface area contributed by atoms with E-state index in [1.54, 1.807) is 0 Å². The number of nitrogens with zero attached hydrogens (tertiary/aromatic N) is 2. The Balaban J connectivity index is 1.85. The van der Waals surface area contributed by atoms with Gasteiger partial charge in [-0.15, -0.1) is 0 Å². The van der Waals surface area contributed by atoms with Gasteiger partial charge in [0.25, 0.3) is 0 Å². The second-order valence-electron chi connectivity index (χ2n) is 6.20. The largest absolute Gasteiger partial charge is 0.372 e. The number of ether oxygens (including phenoxy) is 1. The lowest BCUT2D eigenvalue weighted by Gasteiger charge is -2.41. The molecule has 1 aliphatic heterocycles. The van der Waals surface area contributed by atoms with Gasteiger partial charge in [0, 0.05) is 39.3 Å². The maximum absolute atomic E-state index is 12.1. The van der Waals surface area contributed by atoms with E-state index < -0.39 is 0 Å². The molecule has 1 fully saturated rings. The molecule has 1 aromatic carbocycles. The van der Waals surface area contributed by atoms with Crippen LogP contribution in [0, 0.1) is 5.92 Å². The van der Waals surface area contributed by atoms with E-state index in [0.29, 0.717) is 18.6 Å². The summed E-state index contributed by atoms with van der Waals surface area (Å²) in [6, 6.07) is 10.9. The molecule has 0 spiro atoms. The number of amides is 1. The van der Waals surface area contributed by atoms with Crippen molar-refractivity contribution in [2.75, 3.05) is 33.4 Å². The predicted molar refractivity (Wildman–Crippen MR) is 88.6 cm³/mol. The Morgan fingerprint density at radius 1 is 1.36 bits per heavy atom. The van der Waals surface area contributed by atoms with Crippen molar-refractivity contribution in [3.63, 3.8) is 0 Å². The van der Waals surface area contributed by atoms with Gasteiger partial charge in [0.1, 0.15) is 6.61 Å². The van der Waals surface area contributed by atoms with Crippen LogP contribution in [0.3, 0.4) is 0 Å². The van der Waals surface area contributed by atoms with Crippen molar-refractivity contribution in [1.29, 1.82) is 0 Å². The Hall–Kier alpha value is -1.39. The number of carbonyl (C=O) groups excluding carboxylic acids is 1. The lowest BCUT2D eigenvalue weighted by Crippen LogP contribution is -2.51. The Labute approximate surface area is 134 Å². The van der Waals surface area contributed by atoms with Crippen LogP contribution in [0.2, 0.25) is 0 Å². The van der Waals surface area contributed by atoms with Crippen molar-refractivity contribution >= 4 is 5.91 Å². The molecule has 1 aliphatic rings. The highest BCUT2D eigenvalue weighted by Crippen LogP contribution is 2.22. The quantitative estimate of drug-likeness (QED) is 0.809. The van der Waals surface area contributed by atoms with E-state index in [0.717, 1.165) is 26.1 Å². The van der Waals surface area contributed by atoms with Crippen LogP contribution in [0.25, 0.3) is 0 Å². The first kappa shape index (κ1) is 17.0. The highest BCUT2D eigenvalue weighted by Gasteiger charge is 2.30. The summed E-state index contributed by atoms with van der Waals surface area (Å²) < 4.78 is 5.24. The van der Waals surface area contributed by atoms with Crippen LogP contribution < -0.4 is 0 Å². The van der Waals surface area contributed by atoms with Crippen LogP contribution in [0.5, 0.6) is 0 Å². The van der Waals surface area contributed by atoms with E-state index in [1.165, 1.54) is 5.56 Å². The van der Waals surface area contributed by atoms with Crippen molar-refractivity contribution in [3.05, 3.63) is 35.9 Å². The fourth-order valence-electron chi connectivity index (χ4n) is 3.26. The molecule has 0 bridgehead atoms. The van der Waals surface area contributed by atoms with Crippen LogP contribution in [-0.2, 0) is 16.1 Å². The van der Waals surface area contributed by atoms with Crippen molar-refractivity contribution in [1.82, 2.24) is 9.80 Å². The SMILES string of the molecule is CCOCC(=O)N(C)[C@@H]1CCN(Cc2ccccc2)C[C@@H]1C. The molecule has 0 aliphatic carbocycles. The van der Waals surface area contributed by atoms with Gasteiger partial charge in [-0.3, -0.25) is 9.69 Å². The number of piperidine rings is 1. The van der Waals surface area contributed by atoms with E-state index >= 15 is 0 Å². The summed E-state index contributed by atoms with van der Waals surface area (Å²) >= 11 is 0. The van der Waals surface area contributed by atoms with Crippen LogP contribution in [-0.4, -0.2) is 55.1 Å². The number of carbonyl (C=O) groups is 1. The van der Waals surface area contributed by atoms with Gasteiger partial charge in [0.05, 0.1) is 0 Å². The first-order valence-corrected chi connectivity index (χ1v) is 8.21. The van der Waals surface area contributed by atoms with Gasteiger partial charge in [0.15, 0.2) is 0 Å². The number of benzene rings is 1. The zero-order valence-corrected chi connectivity index (χ0v) is 14.0. The summed E-state index contributed by atoms with van der Waals surface area (Å²) in [5.41, 5.74) is 1.36. The Morgan fingerprint density at radius 2 is 2.09 bits per heavy atom. The van der Waals surface area contributed by atoms with E-state index in [-0.39, 0.29) is 12.5 Å². The maximum Gasteiger partial charge on any atom is 0.248 e. The van der Waals surface area contributed by atoms with Crippen LogP contribution in [0.4, 0.5) is 0 Å². The number of likely N-dealkylation sites (tertiary alicyclic amines) is 1. The molecule has 0 saturated carbocycles. The average molecular weight is 304 g/mol. The summed E-state index contributed by atoms with van der Waals surface area (Å²) in [6.07, 6.45) is 1.03. The molecule has 0 unspecified atom stereocenters. The molecular formula is C18H28N2O2. The third kappa shape index (κ3) is 4.55. The van der Waals surface area contributed by atoms with Crippen molar-refractivity contribution < 1.29 is 9.53 Å². The summed E-state index contributed by atoms with van der Waals surface area (Å²) in [5, 5.41) is 0. The molecule has 122 valence electrons. The normalized spacial score (nSPS) is 22.5. The number of rotatable bonds is 6. The molecule has 1 saturated heterocycles. The van der Waals surface area contributed by atoms with E-state index in [2.05, 4.69) is 42.2 Å². The van der Waals surface area contributed by atoms with Gasteiger partial charge >= 0.3 is 0 Å². The molecule has 22 heavy (non-hydrogen) atoms. The summed E-state index contributed by atoms with van der Waals surface area (Å²) in [5.74, 6) is 0.572. The second-order valence-corrected chi connectivity index (χ2v) is 6.20. The summed E-state index contributed by atoms with van der Waals surface area (Å²) in [4.78, 5) is 16.5. The van der Waals surface area contributed by atoms with Gasteiger partial charge in [-0.05, 0) is 24.8 Å². The molecular weight excluding hydrogens is 276 g/mol. The van der Waals surface area contributed by atoms with Crippen molar-refractivity contribution in [2.45, 2.75) is 32.9 Å². The average Bonchev–Trinajstić information content (AvgIpc) is 2.53. The third-order valence-corrected chi connectivity index (χ3v) is 4.51. The van der Waals surface area contributed by atoms with Crippen molar-refractivity contribution in [3.8, 4) is 0 Å². The topological polar surface area (TPSA) is 32.8 Å². The zero-order chi connectivity index (χ0) is 15.9. The predicted octanol–water partition coefficient (Wildman–Crippen LogP) is 2.39. The number of hydrogen-bond donors (Lipinski definition) is 0. The molecule has 2 rings (SSSR count). The molecule has 1 amide bonds.